The van der Waals surface area contributed by atoms with Gasteiger partial charge in [0.25, 0.3) is 0 Å². The average Bonchev–Trinajstić information content (AvgIpc) is 1.64. The van der Waals surface area contributed by atoms with Gasteiger partial charge in [-0.15, -0.1) is 35.7 Å². The fourth-order valence-corrected chi connectivity index (χ4v) is 12.4. The number of anilines is 4. The number of fused-ring (bicyclic) bond motifs is 4. The van der Waals surface area contributed by atoms with Crippen molar-refractivity contribution in [2.75, 3.05) is 16.5 Å². The van der Waals surface area contributed by atoms with Gasteiger partial charge in [-0.25, -0.2) is 19.9 Å². The van der Waals surface area contributed by atoms with Crippen molar-refractivity contribution in [3.8, 4) is 51.0 Å². The average molecular weight is 1370 g/mol. The first-order chi connectivity index (χ1) is 42.5. The van der Waals surface area contributed by atoms with Crippen LogP contribution in [0.1, 0.15) is 129 Å². The Kier molecular flexibility index (Phi) is 17.0. The molecule has 0 aliphatic carbocycles. The normalized spacial score (nSPS) is 12.8. The molecular formula is C82H80N7OPt-3. The quantitative estimate of drug-likeness (QED) is 0.113. The number of hydrogen-bond acceptors (Lipinski definition) is 7. The first-order valence-corrected chi connectivity index (χ1v) is 31.1. The SMILES string of the molecule is CC(C)(C)c1ccc(-c2cccc(-c3ccc(C(C)(C)C)cc3)c2N2CN(c3[c-]c(Oc4[c-]c5c(cc4-c4nc(C(C)(C)c6ccccc6)nc(C(C)(C)c6ccccc6)n4)c4cc(C(C)(C)C)ccc4n5-c4ccccn4)ccc3)c3ccccc32)cc1.[CH3-].[Pt]. The number of ether oxygens (including phenoxy) is 1. The zero-order valence-electron chi connectivity index (χ0n) is 54.8. The van der Waals surface area contributed by atoms with E-state index in [0.717, 1.165) is 83.8 Å². The maximum atomic E-state index is 7.39. The summed E-state index contributed by atoms with van der Waals surface area (Å²) in [6, 6.07) is 83.5. The van der Waals surface area contributed by atoms with Crippen LogP contribution in [0.2, 0.25) is 0 Å². The number of rotatable bonds is 12. The number of benzene rings is 9. The van der Waals surface area contributed by atoms with Gasteiger partial charge in [-0.2, -0.15) is 6.07 Å². The second-order valence-electron chi connectivity index (χ2n) is 27.9. The van der Waals surface area contributed by atoms with Crippen LogP contribution in [0.3, 0.4) is 0 Å². The molecule has 3 aromatic heterocycles. The Morgan fingerprint density at radius 3 is 1.46 bits per heavy atom. The van der Waals surface area contributed by atoms with E-state index < -0.39 is 10.8 Å². The van der Waals surface area contributed by atoms with Gasteiger partial charge < -0.3 is 26.5 Å². The Labute approximate surface area is 553 Å². The van der Waals surface area contributed by atoms with E-state index in [0.29, 0.717) is 41.2 Å². The maximum absolute atomic E-state index is 7.39. The number of hydrogen-bond donors (Lipinski definition) is 0. The van der Waals surface area contributed by atoms with Gasteiger partial charge in [0.05, 0.1) is 23.7 Å². The number of para-hydroxylation sites is 3. The summed E-state index contributed by atoms with van der Waals surface area (Å²) in [4.78, 5) is 26.3. The van der Waals surface area contributed by atoms with Crippen LogP contribution in [-0.2, 0) is 48.1 Å². The molecule has 0 saturated heterocycles. The summed E-state index contributed by atoms with van der Waals surface area (Å²) < 4.78 is 9.58. The smallest absolute Gasteiger partial charge is 0.141 e. The number of aromatic nitrogens is 5. The third kappa shape index (κ3) is 12.0. The number of nitrogens with zero attached hydrogens (tertiary/aromatic N) is 7. The van der Waals surface area contributed by atoms with E-state index in [1.165, 1.54) is 16.7 Å². The Balaban J connectivity index is 0.00000425. The van der Waals surface area contributed by atoms with E-state index in [-0.39, 0.29) is 44.7 Å². The minimum atomic E-state index is -0.622. The summed E-state index contributed by atoms with van der Waals surface area (Å²) in [5.74, 6) is 3.48. The molecule has 0 amide bonds. The van der Waals surface area contributed by atoms with E-state index >= 15 is 0 Å². The van der Waals surface area contributed by atoms with Crippen LogP contribution >= 0.6 is 0 Å². The molecule has 0 bridgehead atoms. The molecule has 1 aliphatic rings. The van der Waals surface area contributed by atoms with E-state index in [1.807, 2.05) is 42.6 Å². The number of pyridine rings is 1. The van der Waals surface area contributed by atoms with Crippen molar-refractivity contribution in [1.82, 2.24) is 24.5 Å². The third-order valence-corrected chi connectivity index (χ3v) is 17.9. The first kappa shape index (κ1) is 63.6. The monoisotopic (exact) mass is 1370 g/mol. The predicted molar refractivity (Wildman–Crippen MR) is 374 cm³/mol. The molecule has 1 aliphatic heterocycles. The molecule has 0 N–H and O–H groups in total. The van der Waals surface area contributed by atoms with Crippen LogP contribution in [0.5, 0.6) is 11.5 Å². The molecular weight excluding hydrogens is 1290 g/mol. The molecule has 8 nitrogen and oxygen atoms in total. The van der Waals surface area contributed by atoms with E-state index in [1.54, 1.807) is 0 Å². The molecule has 0 atom stereocenters. The predicted octanol–water partition coefficient (Wildman–Crippen LogP) is 21.0. The molecule has 9 aromatic carbocycles. The second kappa shape index (κ2) is 24.3. The van der Waals surface area contributed by atoms with Crippen molar-refractivity contribution in [1.29, 1.82) is 0 Å². The van der Waals surface area contributed by atoms with Gasteiger partial charge in [-0.3, -0.25) is 0 Å². The van der Waals surface area contributed by atoms with Gasteiger partial charge in [0.1, 0.15) is 23.3 Å². The Morgan fingerprint density at radius 2 is 0.934 bits per heavy atom. The first-order valence-electron chi connectivity index (χ1n) is 31.1. The molecule has 9 heteroatoms. The van der Waals surface area contributed by atoms with Gasteiger partial charge >= 0.3 is 0 Å². The Bertz CT molecular complexity index is 4450. The Morgan fingerprint density at radius 1 is 0.429 bits per heavy atom. The molecule has 0 radical (unpaired) electrons. The van der Waals surface area contributed by atoms with Crippen LogP contribution < -0.4 is 14.5 Å². The molecule has 12 aromatic rings. The molecule has 0 unspecified atom stereocenters. The van der Waals surface area contributed by atoms with Crippen molar-refractivity contribution < 1.29 is 25.8 Å². The van der Waals surface area contributed by atoms with Gasteiger partial charge in [0.2, 0.25) is 0 Å². The zero-order chi connectivity index (χ0) is 62.2. The fourth-order valence-electron chi connectivity index (χ4n) is 12.4. The van der Waals surface area contributed by atoms with Crippen molar-refractivity contribution in [3.63, 3.8) is 0 Å². The molecule has 462 valence electrons. The summed E-state index contributed by atoms with van der Waals surface area (Å²) >= 11 is 0. The van der Waals surface area contributed by atoms with Crippen LogP contribution in [0.4, 0.5) is 22.7 Å². The summed E-state index contributed by atoms with van der Waals surface area (Å²) in [7, 11) is 0. The maximum Gasteiger partial charge on any atom is 0.141 e. The largest absolute Gasteiger partial charge is 0.508 e. The van der Waals surface area contributed by atoms with Crippen LogP contribution in [-0.4, -0.2) is 31.2 Å². The minimum Gasteiger partial charge on any atom is -0.508 e. The van der Waals surface area contributed by atoms with E-state index in [4.69, 9.17) is 24.7 Å². The Hall–Kier alpha value is -8.97. The summed E-state index contributed by atoms with van der Waals surface area (Å²) in [5.41, 5.74) is 15.9. The fraction of sp³-hybridized carbons (Fsp3) is 0.232. The van der Waals surface area contributed by atoms with Crippen molar-refractivity contribution >= 4 is 44.6 Å². The molecule has 0 spiro atoms. The second-order valence-corrected chi connectivity index (χ2v) is 27.9. The molecule has 4 heterocycles. The summed E-state index contributed by atoms with van der Waals surface area (Å²) in [5, 5.41) is 2.03. The van der Waals surface area contributed by atoms with Crippen LogP contribution in [0.15, 0.2) is 219 Å². The van der Waals surface area contributed by atoms with Crippen LogP contribution in [0, 0.1) is 19.6 Å². The zero-order valence-corrected chi connectivity index (χ0v) is 57.1. The van der Waals surface area contributed by atoms with E-state index in [9.17, 15) is 0 Å². The van der Waals surface area contributed by atoms with Crippen LogP contribution in [0.25, 0.3) is 61.3 Å². The van der Waals surface area contributed by atoms with Crippen molar-refractivity contribution in [2.24, 2.45) is 0 Å². The van der Waals surface area contributed by atoms with Crippen molar-refractivity contribution in [2.45, 2.75) is 117 Å². The summed E-state index contributed by atoms with van der Waals surface area (Å²) in [6.07, 6.45) is 1.84. The standard InChI is InChI=1S/C81H77N7O.CH3.Pt/c1-77(2,3)55-41-37-53(38-42-55)62-32-25-33-63(54-39-43-56(44-40-54)78(4,5)6)73(62)87-52-86(68-34-20-21-35-69(68)87)60-30-24-31-61(49-60)89-71-51-70-65(64-48-59(79(7,8)9)45-46-67(64)88(70)72-36-22-23-47-82-72)50-66(71)74-83-75(80(10,11)57-26-16-14-17-27-57)85-76(84-74)81(12,13)58-28-18-15-19-29-58;;/h14-48,50H,52H2,1-13H3;1H3;/q-2;-1;. The van der Waals surface area contributed by atoms with Crippen molar-refractivity contribution in [3.05, 3.63) is 278 Å². The van der Waals surface area contributed by atoms with Gasteiger partial charge in [0, 0.05) is 66.2 Å². The summed E-state index contributed by atoms with van der Waals surface area (Å²) in [6.45, 7) is 29.6. The third-order valence-electron chi connectivity index (χ3n) is 17.9. The van der Waals surface area contributed by atoms with E-state index in [2.05, 4.69) is 292 Å². The van der Waals surface area contributed by atoms with Gasteiger partial charge in [-0.1, -0.05) is 231 Å². The molecule has 91 heavy (non-hydrogen) atoms. The molecule has 0 fully saturated rings. The molecule has 0 saturated carbocycles. The van der Waals surface area contributed by atoms with Gasteiger partial charge in [0.15, 0.2) is 0 Å². The topological polar surface area (TPSA) is 72.2 Å². The minimum absolute atomic E-state index is 0. The molecule has 13 rings (SSSR count). The van der Waals surface area contributed by atoms with Gasteiger partial charge in [-0.05, 0) is 124 Å².